The predicted molar refractivity (Wildman–Crippen MR) is 68.0 cm³/mol. The Kier molecular flexibility index (Phi) is 2.88. The van der Waals surface area contributed by atoms with E-state index in [2.05, 4.69) is 20.9 Å². The monoisotopic (exact) mass is 259 g/mol. The van der Waals surface area contributed by atoms with Gasteiger partial charge in [0.1, 0.15) is 5.75 Å². The third-order valence-electron chi connectivity index (χ3n) is 3.03. The SMILES string of the molecule is O=C(Nc1ccccc1O)c1cn(C2CNC2)nn1. The summed E-state index contributed by atoms with van der Waals surface area (Å²) in [7, 11) is 0. The number of nitrogens with zero attached hydrogens (tertiary/aromatic N) is 3. The number of para-hydroxylation sites is 2. The highest BCUT2D eigenvalue weighted by atomic mass is 16.3. The number of phenolic OH excluding ortho intramolecular Hbond substituents is 1. The van der Waals surface area contributed by atoms with Crippen LogP contribution in [0.5, 0.6) is 5.75 Å². The van der Waals surface area contributed by atoms with Crippen molar-refractivity contribution >= 4 is 11.6 Å². The molecule has 0 radical (unpaired) electrons. The van der Waals surface area contributed by atoms with Crippen LogP contribution in [0.2, 0.25) is 0 Å². The van der Waals surface area contributed by atoms with Crippen LogP contribution in [-0.2, 0) is 0 Å². The summed E-state index contributed by atoms with van der Waals surface area (Å²) < 4.78 is 1.68. The minimum atomic E-state index is -0.389. The van der Waals surface area contributed by atoms with Gasteiger partial charge in [0.25, 0.3) is 5.91 Å². The number of carbonyl (C=O) groups excluding carboxylic acids is 1. The van der Waals surface area contributed by atoms with Crippen molar-refractivity contribution in [1.29, 1.82) is 0 Å². The molecule has 1 fully saturated rings. The summed E-state index contributed by atoms with van der Waals surface area (Å²) in [6.07, 6.45) is 1.61. The van der Waals surface area contributed by atoms with Gasteiger partial charge in [0, 0.05) is 13.1 Å². The lowest BCUT2D eigenvalue weighted by Crippen LogP contribution is -2.43. The summed E-state index contributed by atoms with van der Waals surface area (Å²) in [5.74, 6) is -0.369. The number of carbonyl (C=O) groups is 1. The molecule has 7 heteroatoms. The maximum atomic E-state index is 12.0. The molecule has 2 aromatic rings. The van der Waals surface area contributed by atoms with Crippen molar-refractivity contribution in [3.8, 4) is 5.75 Å². The highest BCUT2D eigenvalue weighted by Crippen LogP contribution is 2.22. The number of hydrogen-bond acceptors (Lipinski definition) is 5. The summed E-state index contributed by atoms with van der Waals surface area (Å²) in [5.41, 5.74) is 0.586. The smallest absolute Gasteiger partial charge is 0.277 e. The van der Waals surface area contributed by atoms with Crippen molar-refractivity contribution < 1.29 is 9.90 Å². The first-order valence-electron chi connectivity index (χ1n) is 5.96. The Morgan fingerprint density at radius 3 is 2.89 bits per heavy atom. The van der Waals surface area contributed by atoms with Gasteiger partial charge < -0.3 is 15.7 Å². The predicted octanol–water partition coefficient (Wildman–Crippen LogP) is 0.380. The molecule has 1 aliphatic rings. The molecule has 1 saturated heterocycles. The van der Waals surface area contributed by atoms with Crippen LogP contribution in [0, 0.1) is 0 Å². The van der Waals surface area contributed by atoms with E-state index in [0.29, 0.717) is 5.69 Å². The number of aromatic hydroxyl groups is 1. The zero-order valence-corrected chi connectivity index (χ0v) is 10.1. The normalized spacial score (nSPS) is 14.9. The first-order chi connectivity index (χ1) is 9.24. The lowest BCUT2D eigenvalue weighted by atomic mass is 10.2. The van der Waals surface area contributed by atoms with Crippen molar-refractivity contribution in [3.63, 3.8) is 0 Å². The molecule has 1 aromatic carbocycles. The number of aromatic nitrogens is 3. The summed E-state index contributed by atoms with van der Waals surface area (Å²) in [5, 5.41) is 23.1. The van der Waals surface area contributed by atoms with Gasteiger partial charge in [-0.05, 0) is 12.1 Å². The maximum Gasteiger partial charge on any atom is 0.277 e. The third kappa shape index (κ3) is 2.27. The maximum absolute atomic E-state index is 12.0. The second-order valence-electron chi connectivity index (χ2n) is 4.37. The van der Waals surface area contributed by atoms with E-state index in [1.54, 1.807) is 29.1 Å². The zero-order chi connectivity index (χ0) is 13.2. The van der Waals surface area contributed by atoms with Crippen molar-refractivity contribution in [2.45, 2.75) is 6.04 Å². The fourth-order valence-corrected chi connectivity index (χ4v) is 1.79. The fraction of sp³-hybridized carbons (Fsp3) is 0.250. The Morgan fingerprint density at radius 1 is 1.42 bits per heavy atom. The van der Waals surface area contributed by atoms with Gasteiger partial charge in [-0.2, -0.15) is 0 Å². The van der Waals surface area contributed by atoms with Crippen LogP contribution in [0.1, 0.15) is 16.5 Å². The summed E-state index contributed by atoms with van der Waals surface area (Å²) in [4.78, 5) is 12.0. The largest absolute Gasteiger partial charge is 0.506 e. The third-order valence-corrected chi connectivity index (χ3v) is 3.03. The Bertz CT molecular complexity index is 606. The minimum Gasteiger partial charge on any atom is -0.506 e. The molecule has 0 spiro atoms. The second-order valence-corrected chi connectivity index (χ2v) is 4.37. The number of benzene rings is 1. The quantitative estimate of drug-likeness (QED) is 0.693. The topological polar surface area (TPSA) is 92.1 Å². The summed E-state index contributed by atoms with van der Waals surface area (Å²) >= 11 is 0. The molecule has 3 rings (SSSR count). The first-order valence-corrected chi connectivity index (χ1v) is 5.96. The van der Waals surface area contributed by atoms with Crippen molar-refractivity contribution in [2.24, 2.45) is 0 Å². The number of nitrogens with one attached hydrogen (secondary N) is 2. The van der Waals surface area contributed by atoms with Gasteiger partial charge in [0.2, 0.25) is 0 Å². The second kappa shape index (κ2) is 4.69. The molecule has 1 amide bonds. The molecule has 1 aromatic heterocycles. The molecule has 98 valence electrons. The van der Waals surface area contributed by atoms with Crippen LogP contribution in [0.4, 0.5) is 5.69 Å². The zero-order valence-electron chi connectivity index (χ0n) is 10.1. The first kappa shape index (κ1) is 11.7. The van der Waals surface area contributed by atoms with Crippen LogP contribution < -0.4 is 10.6 Å². The fourth-order valence-electron chi connectivity index (χ4n) is 1.79. The van der Waals surface area contributed by atoms with E-state index in [0.717, 1.165) is 13.1 Å². The van der Waals surface area contributed by atoms with Gasteiger partial charge in [0.05, 0.1) is 17.9 Å². The molecule has 0 aliphatic carbocycles. The van der Waals surface area contributed by atoms with Crippen LogP contribution in [0.3, 0.4) is 0 Å². The average molecular weight is 259 g/mol. The molecular formula is C12H13N5O2. The van der Waals surface area contributed by atoms with Crippen LogP contribution >= 0.6 is 0 Å². The van der Waals surface area contributed by atoms with E-state index in [4.69, 9.17) is 0 Å². The molecule has 0 bridgehead atoms. The Morgan fingerprint density at radius 2 is 2.21 bits per heavy atom. The lowest BCUT2D eigenvalue weighted by molar-refractivity contribution is 0.102. The minimum absolute atomic E-state index is 0.0198. The van der Waals surface area contributed by atoms with Gasteiger partial charge in [-0.1, -0.05) is 17.3 Å². The summed E-state index contributed by atoms with van der Waals surface area (Å²) in [6, 6.07) is 6.80. The number of amides is 1. The average Bonchev–Trinajstić information content (AvgIpc) is 2.79. The van der Waals surface area contributed by atoms with Gasteiger partial charge >= 0.3 is 0 Å². The summed E-state index contributed by atoms with van der Waals surface area (Å²) in [6.45, 7) is 1.67. The highest BCUT2D eigenvalue weighted by molar-refractivity contribution is 6.03. The number of anilines is 1. The number of hydrogen-bond donors (Lipinski definition) is 3. The Hall–Kier alpha value is -2.41. The number of phenols is 1. The van der Waals surface area contributed by atoms with E-state index in [-0.39, 0.29) is 23.4 Å². The highest BCUT2D eigenvalue weighted by Gasteiger charge is 2.21. The standard InChI is InChI=1S/C12H13N5O2/c18-11-4-2-1-3-9(11)14-12(19)10-7-17(16-15-10)8-5-13-6-8/h1-4,7-8,13,18H,5-6H2,(H,14,19). The van der Waals surface area contributed by atoms with Gasteiger partial charge in [0.15, 0.2) is 5.69 Å². The molecule has 19 heavy (non-hydrogen) atoms. The van der Waals surface area contributed by atoms with E-state index < -0.39 is 0 Å². The van der Waals surface area contributed by atoms with E-state index in [1.165, 1.54) is 6.07 Å². The molecule has 2 heterocycles. The molecule has 0 unspecified atom stereocenters. The van der Waals surface area contributed by atoms with Crippen molar-refractivity contribution in [2.75, 3.05) is 18.4 Å². The van der Waals surface area contributed by atoms with E-state index in [9.17, 15) is 9.90 Å². The van der Waals surface area contributed by atoms with Crippen LogP contribution in [0.25, 0.3) is 0 Å². The number of rotatable bonds is 3. The van der Waals surface area contributed by atoms with Crippen molar-refractivity contribution in [3.05, 3.63) is 36.2 Å². The molecule has 0 saturated carbocycles. The Balaban J connectivity index is 1.73. The lowest BCUT2D eigenvalue weighted by Gasteiger charge is -2.26. The molecular weight excluding hydrogens is 246 g/mol. The van der Waals surface area contributed by atoms with Gasteiger partial charge in [-0.25, -0.2) is 4.68 Å². The van der Waals surface area contributed by atoms with Crippen molar-refractivity contribution in [1.82, 2.24) is 20.3 Å². The van der Waals surface area contributed by atoms with E-state index in [1.807, 2.05) is 0 Å². The van der Waals surface area contributed by atoms with Crippen LogP contribution in [-0.4, -0.2) is 39.1 Å². The van der Waals surface area contributed by atoms with Gasteiger partial charge in [-0.3, -0.25) is 4.79 Å². The molecule has 7 nitrogen and oxygen atoms in total. The Labute approximate surface area is 109 Å². The molecule has 1 aliphatic heterocycles. The molecule has 0 atom stereocenters. The van der Waals surface area contributed by atoms with Crippen LogP contribution in [0.15, 0.2) is 30.5 Å². The molecule has 3 N–H and O–H groups in total. The van der Waals surface area contributed by atoms with Gasteiger partial charge in [-0.15, -0.1) is 5.10 Å². The van der Waals surface area contributed by atoms with E-state index >= 15 is 0 Å².